The molecule has 0 aliphatic rings. The van der Waals surface area contributed by atoms with Gasteiger partial charge >= 0.3 is 0 Å². The molecule has 4 heteroatoms. The number of anilines is 1. The van der Waals surface area contributed by atoms with E-state index in [-0.39, 0.29) is 0 Å². The van der Waals surface area contributed by atoms with Crippen LogP contribution in [0.3, 0.4) is 0 Å². The normalized spacial score (nSPS) is 11.5. The van der Waals surface area contributed by atoms with Crippen LogP contribution in [0.2, 0.25) is 0 Å². The Morgan fingerprint density at radius 3 is 2.87 bits per heavy atom. The third-order valence-corrected chi connectivity index (χ3v) is 2.23. The first-order valence-corrected chi connectivity index (χ1v) is 5.17. The average Bonchev–Trinajstić information content (AvgIpc) is 2.45. The van der Waals surface area contributed by atoms with Crippen LogP contribution in [-0.2, 0) is 6.42 Å². The van der Waals surface area contributed by atoms with Crippen LogP contribution in [0.15, 0.2) is 12.3 Å². The molecule has 0 aliphatic heterocycles. The first-order chi connectivity index (χ1) is 7.06. The second-order valence-corrected chi connectivity index (χ2v) is 4.37. The number of aromatic nitrogens is 3. The summed E-state index contributed by atoms with van der Waals surface area (Å²) in [4.78, 5) is 4.42. The van der Waals surface area contributed by atoms with E-state index < -0.39 is 0 Å². The molecule has 0 unspecified atom stereocenters. The minimum absolute atomic E-state index is 0.560. The molecule has 0 aliphatic carbocycles. The van der Waals surface area contributed by atoms with Gasteiger partial charge in [-0.25, -0.2) is 9.50 Å². The molecule has 2 N–H and O–H groups in total. The summed E-state index contributed by atoms with van der Waals surface area (Å²) >= 11 is 0. The first-order valence-electron chi connectivity index (χ1n) is 5.17. The van der Waals surface area contributed by atoms with Crippen LogP contribution in [-0.4, -0.2) is 14.6 Å². The van der Waals surface area contributed by atoms with Gasteiger partial charge in [-0.1, -0.05) is 13.8 Å². The molecule has 0 saturated heterocycles. The third kappa shape index (κ3) is 1.93. The Balaban J connectivity index is 2.50. The minimum atomic E-state index is 0.560. The van der Waals surface area contributed by atoms with Crippen LogP contribution in [0.1, 0.15) is 25.2 Å². The van der Waals surface area contributed by atoms with Crippen LogP contribution in [0.25, 0.3) is 5.65 Å². The van der Waals surface area contributed by atoms with Gasteiger partial charge in [-0.05, 0) is 24.5 Å². The lowest BCUT2D eigenvalue weighted by molar-refractivity contribution is 0.620. The second kappa shape index (κ2) is 3.53. The molecule has 0 aromatic carbocycles. The zero-order chi connectivity index (χ0) is 11.0. The molecular formula is C11H16N4. The molecule has 0 atom stereocenters. The Morgan fingerprint density at radius 1 is 1.47 bits per heavy atom. The number of hydrogen-bond acceptors (Lipinski definition) is 3. The monoisotopic (exact) mass is 204 g/mol. The molecule has 0 spiro atoms. The molecule has 4 nitrogen and oxygen atoms in total. The van der Waals surface area contributed by atoms with Gasteiger partial charge in [0.2, 0.25) is 0 Å². The van der Waals surface area contributed by atoms with Crippen LogP contribution in [0.5, 0.6) is 0 Å². The van der Waals surface area contributed by atoms with E-state index in [4.69, 9.17) is 5.73 Å². The lowest BCUT2D eigenvalue weighted by atomic mass is 10.1. The van der Waals surface area contributed by atoms with E-state index in [0.29, 0.717) is 11.6 Å². The zero-order valence-electron chi connectivity index (χ0n) is 9.36. The highest BCUT2D eigenvalue weighted by atomic mass is 15.3. The smallest absolute Gasteiger partial charge is 0.178 e. The summed E-state index contributed by atoms with van der Waals surface area (Å²) in [5, 5.41) is 4.40. The molecule has 0 fully saturated rings. The number of nitrogens with zero attached hydrogens (tertiary/aromatic N) is 3. The van der Waals surface area contributed by atoms with Crippen LogP contribution in [0.4, 0.5) is 5.69 Å². The van der Waals surface area contributed by atoms with Crippen LogP contribution >= 0.6 is 0 Å². The van der Waals surface area contributed by atoms with E-state index in [9.17, 15) is 0 Å². The number of nitrogen functional groups attached to an aromatic ring is 1. The highest BCUT2D eigenvalue weighted by molar-refractivity contribution is 5.64. The predicted molar refractivity (Wildman–Crippen MR) is 60.7 cm³/mol. The molecule has 2 aromatic rings. The molecule has 0 amide bonds. The molecule has 2 heterocycles. The molecule has 0 bridgehead atoms. The summed E-state index contributed by atoms with van der Waals surface area (Å²) in [5.41, 5.74) is 8.43. The van der Waals surface area contributed by atoms with Crippen molar-refractivity contribution >= 4 is 11.3 Å². The lowest BCUT2D eigenvalue weighted by Gasteiger charge is -1.97. The fourth-order valence-corrected chi connectivity index (χ4v) is 1.65. The second-order valence-electron chi connectivity index (χ2n) is 4.37. The number of pyridine rings is 1. The highest BCUT2D eigenvalue weighted by Gasteiger charge is 2.08. The van der Waals surface area contributed by atoms with Crippen molar-refractivity contribution in [1.82, 2.24) is 14.6 Å². The minimum Gasteiger partial charge on any atom is -0.396 e. The summed E-state index contributed by atoms with van der Waals surface area (Å²) in [7, 11) is 0. The Labute approximate surface area is 89.1 Å². The molecule has 2 rings (SSSR count). The number of aryl methyl sites for hydroxylation is 1. The van der Waals surface area contributed by atoms with Gasteiger partial charge in [0.15, 0.2) is 11.5 Å². The molecule has 0 saturated carbocycles. The Hall–Kier alpha value is -1.58. The van der Waals surface area contributed by atoms with Crippen molar-refractivity contribution in [3.63, 3.8) is 0 Å². The average molecular weight is 204 g/mol. The summed E-state index contributed by atoms with van der Waals surface area (Å²) < 4.78 is 1.77. The van der Waals surface area contributed by atoms with Gasteiger partial charge in [-0.2, -0.15) is 5.10 Å². The van der Waals surface area contributed by atoms with Gasteiger partial charge in [0.25, 0.3) is 0 Å². The van der Waals surface area contributed by atoms with E-state index in [2.05, 4.69) is 23.9 Å². The van der Waals surface area contributed by atoms with E-state index in [0.717, 1.165) is 23.5 Å². The zero-order valence-corrected chi connectivity index (χ0v) is 9.36. The lowest BCUT2D eigenvalue weighted by Crippen LogP contribution is -1.96. The maximum absolute atomic E-state index is 5.88. The molecule has 2 aromatic heterocycles. The van der Waals surface area contributed by atoms with Crippen molar-refractivity contribution in [3.8, 4) is 0 Å². The summed E-state index contributed by atoms with van der Waals surface area (Å²) in [6.07, 6.45) is 2.84. The van der Waals surface area contributed by atoms with Crippen molar-refractivity contribution in [2.75, 3.05) is 5.73 Å². The Kier molecular flexibility index (Phi) is 2.34. The third-order valence-electron chi connectivity index (χ3n) is 2.23. The van der Waals surface area contributed by atoms with Gasteiger partial charge < -0.3 is 5.73 Å². The van der Waals surface area contributed by atoms with E-state index in [1.165, 1.54) is 0 Å². The number of fused-ring (bicyclic) bond motifs is 1. The van der Waals surface area contributed by atoms with Gasteiger partial charge in [-0.3, -0.25) is 0 Å². The molecule has 15 heavy (non-hydrogen) atoms. The number of nitrogens with two attached hydrogens (primary N) is 1. The van der Waals surface area contributed by atoms with Crippen molar-refractivity contribution in [2.24, 2.45) is 5.92 Å². The number of rotatable bonds is 2. The van der Waals surface area contributed by atoms with Crippen molar-refractivity contribution < 1.29 is 0 Å². The fourth-order valence-electron chi connectivity index (χ4n) is 1.65. The van der Waals surface area contributed by atoms with Gasteiger partial charge in [0.1, 0.15) is 0 Å². The fraction of sp³-hybridized carbons (Fsp3) is 0.455. The van der Waals surface area contributed by atoms with Gasteiger partial charge in [0.05, 0.1) is 5.69 Å². The van der Waals surface area contributed by atoms with Crippen LogP contribution < -0.4 is 5.73 Å². The summed E-state index contributed by atoms with van der Waals surface area (Å²) in [6.45, 7) is 6.31. The molecular weight excluding hydrogens is 188 g/mol. The maximum atomic E-state index is 5.88. The summed E-state index contributed by atoms with van der Waals surface area (Å²) in [6, 6.07) is 1.92. The van der Waals surface area contributed by atoms with Crippen molar-refractivity contribution in [3.05, 3.63) is 23.7 Å². The van der Waals surface area contributed by atoms with E-state index >= 15 is 0 Å². The van der Waals surface area contributed by atoms with Crippen molar-refractivity contribution in [2.45, 2.75) is 27.2 Å². The Bertz CT molecular complexity index is 485. The van der Waals surface area contributed by atoms with Gasteiger partial charge in [-0.15, -0.1) is 0 Å². The molecule has 0 radical (unpaired) electrons. The molecule has 80 valence electrons. The highest BCUT2D eigenvalue weighted by Crippen LogP contribution is 2.14. The predicted octanol–water partition coefficient (Wildman–Crippen LogP) is 1.82. The summed E-state index contributed by atoms with van der Waals surface area (Å²) in [5.74, 6) is 1.42. The van der Waals surface area contributed by atoms with E-state index in [1.807, 2.05) is 19.2 Å². The van der Waals surface area contributed by atoms with E-state index in [1.54, 1.807) is 4.52 Å². The topological polar surface area (TPSA) is 56.2 Å². The largest absolute Gasteiger partial charge is 0.396 e. The van der Waals surface area contributed by atoms with Gasteiger partial charge in [0, 0.05) is 12.6 Å². The standard InChI is InChI=1S/C11H16N4/c1-7(2)4-10-13-11-9(12)5-8(3)6-15(11)14-10/h5-7H,4,12H2,1-3H3. The quantitative estimate of drug-likeness (QED) is 0.811. The van der Waals surface area contributed by atoms with Crippen LogP contribution in [0, 0.1) is 12.8 Å². The Morgan fingerprint density at radius 2 is 2.20 bits per heavy atom. The van der Waals surface area contributed by atoms with Crippen molar-refractivity contribution in [1.29, 1.82) is 0 Å². The number of hydrogen-bond donors (Lipinski definition) is 1. The first kappa shape index (κ1) is 9.96. The SMILES string of the molecule is Cc1cc(N)c2nc(CC(C)C)nn2c1. The maximum Gasteiger partial charge on any atom is 0.178 e.